The van der Waals surface area contributed by atoms with Gasteiger partial charge in [0.2, 0.25) is 0 Å². The third kappa shape index (κ3) is 6.60. The van der Waals surface area contributed by atoms with E-state index in [0.717, 1.165) is 0 Å². The first-order valence-corrected chi connectivity index (χ1v) is 10.3. The maximum atomic E-state index is 12.6. The predicted molar refractivity (Wildman–Crippen MR) is 115 cm³/mol. The van der Waals surface area contributed by atoms with Gasteiger partial charge in [-0.15, -0.1) is 0 Å². The minimum Gasteiger partial charge on any atom is -0.503 e. The van der Waals surface area contributed by atoms with Gasteiger partial charge in [-0.2, -0.15) is 0 Å². The molecule has 2 N–H and O–H groups in total. The van der Waals surface area contributed by atoms with Crippen LogP contribution in [0, 0.1) is 5.92 Å². The molecule has 1 aromatic carbocycles. The Morgan fingerprint density at radius 3 is 2.39 bits per heavy atom. The molecule has 0 spiro atoms. The van der Waals surface area contributed by atoms with Gasteiger partial charge in [-0.3, -0.25) is 4.79 Å². The Morgan fingerprint density at radius 1 is 1.10 bits per heavy atom. The number of aromatic nitrogens is 1. The van der Waals surface area contributed by atoms with Crippen molar-refractivity contribution in [1.29, 1.82) is 0 Å². The van der Waals surface area contributed by atoms with Crippen LogP contribution in [-0.2, 0) is 9.53 Å². The number of aromatic hydroxyl groups is 1. The van der Waals surface area contributed by atoms with Gasteiger partial charge in [0.25, 0.3) is 5.91 Å². The van der Waals surface area contributed by atoms with Gasteiger partial charge < -0.3 is 24.6 Å². The van der Waals surface area contributed by atoms with Gasteiger partial charge in [0, 0.05) is 12.3 Å². The summed E-state index contributed by atoms with van der Waals surface area (Å²) < 4.78 is 16.8. The van der Waals surface area contributed by atoms with E-state index < -0.39 is 30.1 Å². The van der Waals surface area contributed by atoms with Gasteiger partial charge in [0.15, 0.2) is 17.2 Å². The molecule has 1 unspecified atom stereocenters. The predicted octanol–water partition coefficient (Wildman–Crippen LogP) is 3.34. The standard InChI is InChI=1S/C23H30N2O6/c1-6-29-18-12-13-24-19(20(18)26)22(27)25-15(4)23(28)31-21(14(2)3)16(5)30-17-10-8-7-9-11-17/h7-16,21,26H,6H2,1-5H3,(H,25,27)/t15-,16-,21?/m0/s1. The maximum absolute atomic E-state index is 12.6. The second kappa shape index (κ2) is 11.2. The fourth-order valence-electron chi connectivity index (χ4n) is 2.99. The second-order valence-electron chi connectivity index (χ2n) is 7.42. The quantitative estimate of drug-likeness (QED) is 0.557. The fraction of sp³-hybridized carbons (Fsp3) is 0.435. The Bertz CT molecular complexity index is 872. The number of carbonyl (C=O) groups is 2. The Morgan fingerprint density at radius 2 is 1.77 bits per heavy atom. The lowest BCUT2D eigenvalue weighted by atomic mass is 10.0. The lowest BCUT2D eigenvalue weighted by Gasteiger charge is -2.29. The first-order valence-electron chi connectivity index (χ1n) is 10.3. The molecule has 2 rings (SSSR count). The van der Waals surface area contributed by atoms with Crippen LogP contribution in [0.1, 0.15) is 45.1 Å². The third-order valence-electron chi connectivity index (χ3n) is 4.54. The monoisotopic (exact) mass is 430 g/mol. The Labute approximate surface area is 182 Å². The average Bonchev–Trinajstić information content (AvgIpc) is 2.73. The second-order valence-corrected chi connectivity index (χ2v) is 7.42. The molecule has 0 aliphatic heterocycles. The van der Waals surface area contributed by atoms with Gasteiger partial charge in [0.1, 0.15) is 24.0 Å². The molecular weight excluding hydrogens is 400 g/mol. The smallest absolute Gasteiger partial charge is 0.328 e. The summed E-state index contributed by atoms with van der Waals surface area (Å²) in [5.41, 5.74) is -0.230. The van der Waals surface area contributed by atoms with Crippen LogP contribution in [0.25, 0.3) is 0 Å². The highest BCUT2D eigenvalue weighted by Crippen LogP contribution is 2.28. The number of rotatable bonds is 10. The van der Waals surface area contributed by atoms with Crippen LogP contribution in [0.2, 0.25) is 0 Å². The summed E-state index contributed by atoms with van der Waals surface area (Å²) in [5, 5.41) is 12.7. The molecule has 0 saturated heterocycles. The highest BCUT2D eigenvalue weighted by atomic mass is 16.6. The van der Waals surface area contributed by atoms with Crippen molar-refractivity contribution in [3.05, 3.63) is 48.3 Å². The number of ether oxygens (including phenoxy) is 3. The van der Waals surface area contributed by atoms with E-state index in [0.29, 0.717) is 12.4 Å². The molecule has 0 radical (unpaired) electrons. The largest absolute Gasteiger partial charge is 0.503 e. The van der Waals surface area contributed by atoms with E-state index in [1.807, 2.05) is 51.1 Å². The molecule has 1 heterocycles. The van der Waals surface area contributed by atoms with Crippen LogP contribution in [-0.4, -0.2) is 46.8 Å². The van der Waals surface area contributed by atoms with E-state index in [4.69, 9.17) is 14.2 Å². The lowest BCUT2D eigenvalue weighted by Crippen LogP contribution is -2.45. The highest BCUT2D eigenvalue weighted by molar-refractivity contribution is 5.97. The summed E-state index contributed by atoms with van der Waals surface area (Å²) in [6.45, 7) is 9.26. The molecule has 0 saturated carbocycles. The molecule has 0 fully saturated rings. The molecule has 8 heteroatoms. The number of nitrogens with zero attached hydrogens (tertiary/aromatic N) is 1. The minimum atomic E-state index is -0.963. The summed E-state index contributed by atoms with van der Waals surface area (Å²) in [6, 6.07) is 9.76. The third-order valence-corrected chi connectivity index (χ3v) is 4.54. The van der Waals surface area contributed by atoms with Gasteiger partial charge >= 0.3 is 5.97 Å². The molecule has 31 heavy (non-hydrogen) atoms. The molecule has 3 atom stereocenters. The number of amides is 1. The van der Waals surface area contributed by atoms with Crippen molar-refractivity contribution < 1.29 is 28.9 Å². The Balaban J connectivity index is 2.02. The zero-order chi connectivity index (χ0) is 23.0. The summed E-state index contributed by atoms with van der Waals surface area (Å²) in [4.78, 5) is 29.0. The summed E-state index contributed by atoms with van der Waals surface area (Å²) >= 11 is 0. The van der Waals surface area contributed by atoms with Crippen molar-refractivity contribution in [2.45, 2.75) is 52.9 Å². The summed E-state index contributed by atoms with van der Waals surface area (Å²) in [6.07, 6.45) is 0.419. The van der Waals surface area contributed by atoms with Crippen molar-refractivity contribution >= 4 is 11.9 Å². The summed E-state index contributed by atoms with van der Waals surface area (Å²) in [5.74, 6) is -0.904. The molecule has 1 aromatic heterocycles. The van der Waals surface area contributed by atoms with E-state index in [-0.39, 0.29) is 23.1 Å². The normalized spacial score (nSPS) is 13.7. The zero-order valence-corrected chi connectivity index (χ0v) is 18.5. The lowest BCUT2D eigenvalue weighted by molar-refractivity contribution is -0.158. The molecule has 168 valence electrons. The number of esters is 1. The van der Waals surface area contributed by atoms with E-state index in [1.165, 1.54) is 19.2 Å². The van der Waals surface area contributed by atoms with Gasteiger partial charge in [-0.25, -0.2) is 9.78 Å². The average molecular weight is 431 g/mol. The van der Waals surface area contributed by atoms with Crippen LogP contribution < -0.4 is 14.8 Å². The van der Waals surface area contributed by atoms with Crippen LogP contribution in [0.3, 0.4) is 0 Å². The van der Waals surface area contributed by atoms with Crippen molar-refractivity contribution in [2.75, 3.05) is 6.61 Å². The van der Waals surface area contributed by atoms with Gasteiger partial charge in [0.05, 0.1) is 6.61 Å². The molecular formula is C23H30N2O6. The highest BCUT2D eigenvalue weighted by Gasteiger charge is 2.30. The van der Waals surface area contributed by atoms with E-state index in [9.17, 15) is 14.7 Å². The Kier molecular flexibility index (Phi) is 8.66. The molecule has 1 amide bonds. The van der Waals surface area contributed by atoms with Crippen LogP contribution in [0.4, 0.5) is 0 Å². The van der Waals surface area contributed by atoms with Crippen LogP contribution in [0.15, 0.2) is 42.6 Å². The zero-order valence-electron chi connectivity index (χ0n) is 18.5. The molecule has 2 aromatic rings. The number of hydrogen-bond donors (Lipinski definition) is 2. The van der Waals surface area contributed by atoms with E-state index in [1.54, 1.807) is 6.92 Å². The van der Waals surface area contributed by atoms with Crippen molar-refractivity contribution in [3.8, 4) is 17.2 Å². The molecule has 0 aliphatic rings. The number of benzene rings is 1. The van der Waals surface area contributed by atoms with Crippen LogP contribution >= 0.6 is 0 Å². The van der Waals surface area contributed by atoms with Crippen LogP contribution in [0.5, 0.6) is 17.2 Å². The van der Waals surface area contributed by atoms with Crippen molar-refractivity contribution in [1.82, 2.24) is 10.3 Å². The topological polar surface area (TPSA) is 107 Å². The van der Waals surface area contributed by atoms with E-state index in [2.05, 4.69) is 10.3 Å². The number of para-hydroxylation sites is 1. The maximum Gasteiger partial charge on any atom is 0.328 e. The number of carbonyl (C=O) groups excluding carboxylic acids is 2. The SMILES string of the molecule is CCOc1ccnc(C(=O)N[C@@H](C)C(=O)OC(C(C)C)[C@H](C)Oc2ccccc2)c1O. The van der Waals surface area contributed by atoms with E-state index >= 15 is 0 Å². The first-order chi connectivity index (χ1) is 14.7. The number of hydrogen-bond acceptors (Lipinski definition) is 7. The first kappa shape index (κ1) is 24.0. The van der Waals surface area contributed by atoms with Crippen molar-refractivity contribution in [2.24, 2.45) is 5.92 Å². The number of pyridine rings is 1. The number of nitrogens with one attached hydrogen (secondary N) is 1. The van der Waals surface area contributed by atoms with Gasteiger partial charge in [-0.05, 0) is 38.8 Å². The molecule has 8 nitrogen and oxygen atoms in total. The minimum absolute atomic E-state index is 0.0147. The van der Waals surface area contributed by atoms with Gasteiger partial charge in [-0.1, -0.05) is 32.0 Å². The van der Waals surface area contributed by atoms with Crippen molar-refractivity contribution in [3.63, 3.8) is 0 Å². The Hall–Kier alpha value is -3.29. The molecule has 0 aliphatic carbocycles. The molecule has 0 bridgehead atoms. The summed E-state index contributed by atoms with van der Waals surface area (Å²) in [7, 11) is 0. The fourth-order valence-corrected chi connectivity index (χ4v) is 2.99.